The highest BCUT2D eigenvalue weighted by atomic mass is 16.5. The molecule has 2 amide bonds. The number of carboxylic acid groups (broad SMARTS) is 1. The summed E-state index contributed by atoms with van der Waals surface area (Å²) in [5, 5.41) is 11.4. The molecule has 0 unspecified atom stereocenters. The minimum Gasteiger partial charge on any atom is -0.550 e. The molecule has 1 N–H and O–H groups in total. The third-order valence-corrected chi connectivity index (χ3v) is 7.64. The molecule has 188 valence electrons. The highest BCUT2D eigenvalue weighted by molar-refractivity contribution is 5.74. The predicted octanol–water partition coefficient (Wildman–Crippen LogP) is -0.679. The standard InChI is InChI=1S/C25H38N4O5/c1-33-23-5-3-2-4-22(23)27-12-10-26(11-13-27)8-6-21-19-29(9-7-20(21)18-24(30)31)25(32)28-14-16-34-17-15-28/h2-5,20-21H,6-19H2,1H3,(H,30,31)/t20-,21-/m0/s1. The molecule has 3 heterocycles. The molecule has 3 aliphatic heterocycles. The van der Waals surface area contributed by atoms with Crippen LogP contribution in [-0.2, 0) is 9.53 Å². The van der Waals surface area contributed by atoms with Gasteiger partial charge in [0.2, 0.25) is 0 Å². The van der Waals surface area contributed by atoms with Crippen molar-refractivity contribution in [3.05, 3.63) is 24.3 Å². The number of methoxy groups -OCH3 is 1. The summed E-state index contributed by atoms with van der Waals surface area (Å²) in [5.41, 5.74) is 1.14. The van der Waals surface area contributed by atoms with Gasteiger partial charge in [0.05, 0.1) is 58.7 Å². The van der Waals surface area contributed by atoms with Crippen LogP contribution in [0.4, 0.5) is 10.5 Å². The molecule has 0 saturated carbocycles. The Labute approximate surface area is 202 Å². The van der Waals surface area contributed by atoms with E-state index in [1.54, 1.807) is 7.11 Å². The number of hydrogen-bond donors (Lipinski definition) is 1. The van der Waals surface area contributed by atoms with E-state index in [0.29, 0.717) is 39.4 Å². The number of ether oxygens (including phenoxy) is 2. The monoisotopic (exact) mass is 474 g/mol. The summed E-state index contributed by atoms with van der Waals surface area (Å²) >= 11 is 0. The van der Waals surface area contributed by atoms with Gasteiger partial charge < -0.3 is 39.0 Å². The average Bonchev–Trinajstić information content (AvgIpc) is 2.88. The summed E-state index contributed by atoms with van der Waals surface area (Å²) < 4.78 is 10.9. The normalized spacial score (nSPS) is 24.2. The number of quaternary nitrogens is 1. The molecule has 0 aromatic heterocycles. The molecule has 0 spiro atoms. The van der Waals surface area contributed by atoms with Gasteiger partial charge >= 0.3 is 6.03 Å². The molecule has 0 bridgehead atoms. The highest BCUT2D eigenvalue weighted by Crippen LogP contribution is 2.30. The Bertz CT molecular complexity index is 823. The molecular weight excluding hydrogens is 436 g/mol. The Hall–Kier alpha value is -2.52. The zero-order valence-electron chi connectivity index (χ0n) is 20.2. The van der Waals surface area contributed by atoms with Crippen LogP contribution >= 0.6 is 0 Å². The van der Waals surface area contributed by atoms with Gasteiger partial charge in [-0.1, -0.05) is 12.1 Å². The van der Waals surface area contributed by atoms with E-state index in [4.69, 9.17) is 9.47 Å². The van der Waals surface area contributed by atoms with Crippen LogP contribution in [-0.4, -0.2) is 101 Å². The fraction of sp³-hybridized carbons (Fsp3) is 0.680. The number of piperidine rings is 1. The molecule has 1 aromatic carbocycles. The third kappa shape index (κ3) is 6.13. The van der Waals surface area contributed by atoms with Crippen molar-refractivity contribution in [2.75, 3.05) is 84.1 Å². The number of nitrogens with one attached hydrogen (secondary N) is 1. The van der Waals surface area contributed by atoms with Gasteiger partial charge in [0.1, 0.15) is 5.75 Å². The highest BCUT2D eigenvalue weighted by Gasteiger charge is 2.34. The fourth-order valence-corrected chi connectivity index (χ4v) is 5.61. The van der Waals surface area contributed by atoms with Crippen LogP contribution in [0.1, 0.15) is 19.3 Å². The number of morpholine rings is 1. The number of piperazine rings is 1. The van der Waals surface area contributed by atoms with Gasteiger partial charge in [-0.05, 0) is 36.8 Å². The van der Waals surface area contributed by atoms with Gasteiger partial charge in [0, 0.05) is 38.6 Å². The van der Waals surface area contributed by atoms with Crippen LogP contribution in [0.3, 0.4) is 0 Å². The smallest absolute Gasteiger partial charge is 0.320 e. The van der Waals surface area contributed by atoms with Crippen molar-refractivity contribution >= 4 is 17.7 Å². The molecule has 1 aromatic rings. The number of benzene rings is 1. The summed E-state index contributed by atoms with van der Waals surface area (Å²) in [5.74, 6) is 0.188. The van der Waals surface area contributed by atoms with E-state index in [1.165, 1.54) is 4.90 Å². The number of carboxylic acids is 1. The van der Waals surface area contributed by atoms with Crippen molar-refractivity contribution in [2.45, 2.75) is 19.3 Å². The van der Waals surface area contributed by atoms with Crippen molar-refractivity contribution in [2.24, 2.45) is 11.8 Å². The maximum Gasteiger partial charge on any atom is 0.320 e. The van der Waals surface area contributed by atoms with E-state index in [2.05, 4.69) is 11.0 Å². The topological polar surface area (TPSA) is 89.8 Å². The fourth-order valence-electron chi connectivity index (χ4n) is 5.61. The van der Waals surface area contributed by atoms with Crippen LogP contribution in [0, 0.1) is 11.8 Å². The second-order valence-corrected chi connectivity index (χ2v) is 9.66. The van der Waals surface area contributed by atoms with Crippen LogP contribution in [0.15, 0.2) is 24.3 Å². The lowest BCUT2D eigenvalue weighted by molar-refractivity contribution is -0.901. The maximum absolute atomic E-state index is 13.0. The minimum absolute atomic E-state index is 0.0676. The number of para-hydroxylation sites is 2. The average molecular weight is 475 g/mol. The Kier molecular flexibility index (Phi) is 8.50. The number of rotatable bonds is 7. The predicted molar refractivity (Wildman–Crippen MR) is 126 cm³/mol. The molecular formula is C25H38N4O5. The van der Waals surface area contributed by atoms with Crippen LogP contribution in [0.2, 0.25) is 0 Å². The number of likely N-dealkylation sites (tertiary alicyclic amines) is 1. The molecule has 2 atom stereocenters. The zero-order chi connectivity index (χ0) is 23.9. The summed E-state index contributed by atoms with van der Waals surface area (Å²) in [6, 6.07) is 8.21. The number of aliphatic carboxylic acids is 1. The number of nitrogens with zero attached hydrogens (tertiary/aromatic N) is 3. The lowest BCUT2D eigenvalue weighted by Crippen LogP contribution is -3.15. The van der Waals surface area contributed by atoms with Crippen LogP contribution in [0.25, 0.3) is 0 Å². The first-order valence-corrected chi connectivity index (χ1v) is 12.6. The summed E-state index contributed by atoms with van der Waals surface area (Å²) in [6.45, 7) is 8.66. The first-order chi connectivity index (χ1) is 16.5. The number of carbonyl (C=O) groups is 2. The molecule has 34 heavy (non-hydrogen) atoms. The van der Waals surface area contributed by atoms with Crippen molar-refractivity contribution in [1.29, 1.82) is 0 Å². The zero-order valence-corrected chi connectivity index (χ0v) is 20.2. The lowest BCUT2D eigenvalue weighted by Gasteiger charge is -2.42. The quantitative estimate of drug-likeness (QED) is 0.563. The number of amides is 2. The third-order valence-electron chi connectivity index (χ3n) is 7.64. The first-order valence-electron chi connectivity index (χ1n) is 12.6. The largest absolute Gasteiger partial charge is 0.550 e. The summed E-state index contributed by atoms with van der Waals surface area (Å²) in [7, 11) is 1.71. The van der Waals surface area contributed by atoms with Gasteiger partial charge in [-0.2, -0.15) is 0 Å². The van der Waals surface area contributed by atoms with Gasteiger partial charge in [0.25, 0.3) is 0 Å². The Morgan fingerprint density at radius 2 is 1.79 bits per heavy atom. The van der Waals surface area contributed by atoms with Gasteiger partial charge in [-0.3, -0.25) is 0 Å². The summed E-state index contributed by atoms with van der Waals surface area (Å²) in [4.78, 5) is 32.1. The molecule has 9 nitrogen and oxygen atoms in total. The molecule has 9 heteroatoms. The number of hydrogen-bond acceptors (Lipinski definition) is 6. The molecule has 3 saturated heterocycles. The molecule has 0 radical (unpaired) electrons. The maximum atomic E-state index is 13.0. The van der Waals surface area contributed by atoms with E-state index in [9.17, 15) is 14.7 Å². The summed E-state index contributed by atoms with van der Waals surface area (Å²) in [6.07, 6.45) is 1.74. The van der Waals surface area contributed by atoms with Crippen LogP contribution in [0.5, 0.6) is 5.75 Å². The van der Waals surface area contributed by atoms with E-state index >= 15 is 0 Å². The Morgan fingerprint density at radius 1 is 1.06 bits per heavy atom. The van der Waals surface area contributed by atoms with Crippen molar-refractivity contribution in [3.63, 3.8) is 0 Å². The molecule has 3 aliphatic rings. The van der Waals surface area contributed by atoms with Crippen molar-refractivity contribution in [1.82, 2.24) is 9.80 Å². The van der Waals surface area contributed by atoms with Gasteiger partial charge in [-0.15, -0.1) is 0 Å². The van der Waals surface area contributed by atoms with E-state index < -0.39 is 5.97 Å². The van der Waals surface area contributed by atoms with Gasteiger partial charge in [0.15, 0.2) is 0 Å². The second kappa shape index (κ2) is 11.8. The number of anilines is 1. The Morgan fingerprint density at radius 3 is 2.50 bits per heavy atom. The molecule has 0 aliphatic carbocycles. The number of carbonyl (C=O) groups excluding carboxylic acids is 2. The van der Waals surface area contributed by atoms with E-state index in [0.717, 1.165) is 57.0 Å². The van der Waals surface area contributed by atoms with E-state index in [-0.39, 0.29) is 24.3 Å². The number of urea groups is 1. The van der Waals surface area contributed by atoms with Crippen LogP contribution < -0.4 is 19.6 Å². The molecule has 3 fully saturated rings. The second-order valence-electron chi connectivity index (χ2n) is 9.66. The Balaban J connectivity index is 1.31. The van der Waals surface area contributed by atoms with E-state index in [1.807, 2.05) is 28.0 Å². The first kappa shape index (κ1) is 24.6. The SMILES string of the molecule is COc1ccccc1N1CC[NH+](CC[C@H]2CN(C(=O)N3CCOCC3)CC[C@H]2CC(=O)[O-])CC1. The minimum atomic E-state index is -0.985. The molecule has 4 rings (SSSR count). The van der Waals surface area contributed by atoms with Crippen molar-refractivity contribution in [3.8, 4) is 5.75 Å². The lowest BCUT2D eigenvalue weighted by atomic mass is 9.81. The van der Waals surface area contributed by atoms with Crippen molar-refractivity contribution < 1.29 is 29.1 Å². The van der Waals surface area contributed by atoms with Gasteiger partial charge in [-0.25, -0.2) is 4.79 Å².